The summed E-state index contributed by atoms with van der Waals surface area (Å²) in [5, 5.41) is 0. The van der Waals surface area contributed by atoms with Gasteiger partial charge in [-0.1, -0.05) is 6.08 Å². The van der Waals surface area contributed by atoms with E-state index in [0.717, 1.165) is 18.3 Å². The van der Waals surface area contributed by atoms with E-state index < -0.39 is 11.7 Å². The zero-order chi connectivity index (χ0) is 11.5. The molecule has 0 atom stereocenters. The fourth-order valence-corrected chi connectivity index (χ4v) is 0.995. The molecule has 0 fully saturated rings. The molecule has 0 bridgehead atoms. The number of halogens is 3. The fraction of sp³-hybridized carbons (Fsp3) is 0.200. The van der Waals surface area contributed by atoms with Crippen LogP contribution in [0.15, 0.2) is 24.5 Å². The molecule has 0 amide bonds. The molecule has 0 aliphatic heterocycles. The van der Waals surface area contributed by atoms with E-state index in [4.69, 9.17) is 0 Å². The molecule has 0 aromatic carbocycles. The van der Waals surface area contributed by atoms with Gasteiger partial charge in [-0.3, -0.25) is 9.78 Å². The average Bonchev–Trinajstić information content (AvgIpc) is 2.13. The molecule has 1 aromatic rings. The first-order chi connectivity index (χ1) is 6.91. The van der Waals surface area contributed by atoms with Gasteiger partial charge in [0, 0.05) is 12.4 Å². The van der Waals surface area contributed by atoms with Crippen LogP contribution in [0.2, 0.25) is 0 Å². The van der Waals surface area contributed by atoms with E-state index in [2.05, 4.69) is 4.98 Å². The van der Waals surface area contributed by atoms with Gasteiger partial charge in [-0.25, -0.2) is 0 Å². The van der Waals surface area contributed by atoms with Gasteiger partial charge in [0.05, 0.1) is 5.56 Å². The van der Waals surface area contributed by atoms with Gasteiger partial charge >= 0.3 is 6.18 Å². The predicted octanol–water partition coefficient (Wildman–Crippen LogP) is 2.70. The van der Waals surface area contributed by atoms with Gasteiger partial charge in [0.1, 0.15) is 0 Å². The summed E-state index contributed by atoms with van der Waals surface area (Å²) in [7, 11) is 0. The van der Waals surface area contributed by atoms with Gasteiger partial charge < -0.3 is 0 Å². The number of carbonyl (C=O) groups excluding carboxylic acids is 1. The van der Waals surface area contributed by atoms with Crippen molar-refractivity contribution in [3.63, 3.8) is 0 Å². The lowest BCUT2D eigenvalue weighted by Crippen LogP contribution is -2.07. The lowest BCUT2D eigenvalue weighted by molar-refractivity contribution is -0.138. The van der Waals surface area contributed by atoms with Crippen molar-refractivity contribution in [2.24, 2.45) is 0 Å². The van der Waals surface area contributed by atoms with Crippen LogP contribution >= 0.6 is 0 Å². The molecule has 0 aliphatic carbocycles. The second-order valence-electron chi connectivity index (χ2n) is 2.90. The highest BCUT2D eigenvalue weighted by molar-refractivity contribution is 5.91. The molecular weight excluding hydrogens is 207 g/mol. The Morgan fingerprint density at radius 2 is 2.13 bits per heavy atom. The van der Waals surface area contributed by atoms with Crippen LogP contribution in [0, 0.1) is 0 Å². The molecule has 0 unspecified atom stereocenters. The van der Waals surface area contributed by atoms with Gasteiger partial charge in [0.25, 0.3) is 0 Å². The van der Waals surface area contributed by atoms with E-state index in [0.29, 0.717) is 0 Å². The SMILES string of the molecule is CC(=O)/C=C/c1ccncc1C(F)(F)F. The van der Waals surface area contributed by atoms with Crippen LogP contribution < -0.4 is 0 Å². The summed E-state index contributed by atoms with van der Waals surface area (Å²) in [6.45, 7) is 1.27. The van der Waals surface area contributed by atoms with Crippen molar-refractivity contribution in [1.82, 2.24) is 4.98 Å². The Hall–Kier alpha value is -1.65. The zero-order valence-electron chi connectivity index (χ0n) is 7.88. The minimum Gasteiger partial charge on any atom is -0.295 e. The molecule has 1 heterocycles. The van der Waals surface area contributed by atoms with Crippen molar-refractivity contribution in [2.75, 3.05) is 0 Å². The third-order valence-electron chi connectivity index (χ3n) is 1.66. The maximum atomic E-state index is 12.4. The summed E-state index contributed by atoms with van der Waals surface area (Å²) in [6.07, 6.45) is -0.253. The van der Waals surface area contributed by atoms with E-state index in [1.165, 1.54) is 19.2 Å². The minimum absolute atomic E-state index is 0.0623. The Morgan fingerprint density at radius 1 is 1.47 bits per heavy atom. The smallest absolute Gasteiger partial charge is 0.295 e. The third-order valence-corrected chi connectivity index (χ3v) is 1.66. The first kappa shape index (κ1) is 11.4. The number of ketones is 1. The molecule has 0 radical (unpaired) electrons. The van der Waals surface area contributed by atoms with Gasteiger partial charge in [0.15, 0.2) is 5.78 Å². The van der Waals surface area contributed by atoms with Gasteiger partial charge in [-0.05, 0) is 24.6 Å². The topological polar surface area (TPSA) is 30.0 Å². The Bertz CT molecular complexity index is 396. The highest BCUT2D eigenvalue weighted by Crippen LogP contribution is 2.31. The Kier molecular flexibility index (Phi) is 3.24. The monoisotopic (exact) mass is 215 g/mol. The first-order valence-electron chi connectivity index (χ1n) is 4.11. The summed E-state index contributed by atoms with van der Waals surface area (Å²) in [5.41, 5.74) is -0.907. The maximum Gasteiger partial charge on any atom is 0.418 e. The molecular formula is C10H8F3NO. The normalized spacial score (nSPS) is 12.0. The molecule has 1 rings (SSSR count). The molecule has 80 valence electrons. The standard InChI is InChI=1S/C10H8F3NO/c1-7(15)2-3-8-4-5-14-6-9(8)10(11,12)13/h2-6H,1H3/b3-2+. The number of nitrogens with zero attached hydrogens (tertiary/aromatic N) is 1. The summed E-state index contributed by atoms with van der Waals surface area (Å²) in [5.74, 6) is -0.306. The number of hydrogen-bond acceptors (Lipinski definition) is 2. The van der Waals surface area contributed by atoms with E-state index >= 15 is 0 Å². The largest absolute Gasteiger partial charge is 0.418 e. The van der Waals surface area contributed by atoms with E-state index in [9.17, 15) is 18.0 Å². The van der Waals surface area contributed by atoms with Crippen LogP contribution in [0.4, 0.5) is 13.2 Å². The van der Waals surface area contributed by atoms with Crippen molar-refractivity contribution in [1.29, 1.82) is 0 Å². The third kappa shape index (κ3) is 3.19. The maximum absolute atomic E-state index is 12.4. The second-order valence-corrected chi connectivity index (χ2v) is 2.90. The molecule has 0 saturated heterocycles. The van der Waals surface area contributed by atoms with Crippen molar-refractivity contribution in [2.45, 2.75) is 13.1 Å². The number of alkyl halides is 3. The van der Waals surface area contributed by atoms with Crippen LogP contribution in [-0.2, 0) is 11.0 Å². The van der Waals surface area contributed by atoms with Crippen LogP contribution in [0.5, 0.6) is 0 Å². The van der Waals surface area contributed by atoms with E-state index in [1.807, 2.05) is 0 Å². The Morgan fingerprint density at radius 3 is 2.67 bits per heavy atom. The zero-order valence-corrected chi connectivity index (χ0v) is 7.88. The molecule has 0 N–H and O–H groups in total. The first-order valence-corrected chi connectivity index (χ1v) is 4.11. The highest BCUT2D eigenvalue weighted by atomic mass is 19.4. The molecule has 1 aromatic heterocycles. The van der Waals surface area contributed by atoms with E-state index in [1.54, 1.807) is 0 Å². The number of aromatic nitrogens is 1. The molecule has 0 saturated carbocycles. The van der Waals surface area contributed by atoms with Crippen LogP contribution in [0.1, 0.15) is 18.1 Å². The molecule has 2 nitrogen and oxygen atoms in total. The van der Waals surface area contributed by atoms with E-state index in [-0.39, 0.29) is 11.3 Å². The second kappa shape index (κ2) is 4.25. The average molecular weight is 215 g/mol. The van der Waals surface area contributed by atoms with Crippen LogP contribution in [-0.4, -0.2) is 10.8 Å². The van der Waals surface area contributed by atoms with Crippen molar-refractivity contribution >= 4 is 11.9 Å². The minimum atomic E-state index is -4.45. The number of pyridine rings is 1. The summed E-state index contributed by atoms with van der Waals surface area (Å²) in [6, 6.07) is 1.21. The van der Waals surface area contributed by atoms with Crippen LogP contribution in [0.25, 0.3) is 6.08 Å². The van der Waals surface area contributed by atoms with Crippen molar-refractivity contribution < 1.29 is 18.0 Å². The molecule has 0 aliphatic rings. The highest BCUT2D eigenvalue weighted by Gasteiger charge is 2.32. The number of carbonyl (C=O) groups is 1. The number of allylic oxidation sites excluding steroid dienone is 1. The van der Waals surface area contributed by atoms with Gasteiger partial charge in [-0.2, -0.15) is 13.2 Å². The number of hydrogen-bond donors (Lipinski definition) is 0. The van der Waals surface area contributed by atoms with Crippen LogP contribution in [0.3, 0.4) is 0 Å². The quantitative estimate of drug-likeness (QED) is 0.710. The summed E-state index contributed by atoms with van der Waals surface area (Å²) >= 11 is 0. The predicted molar refractivity (Wildman–Crippen MR) is 49.0 cm³/mol. The lowest BCUT2D eigenvalue weighted by atomic mass is 10.1. The molecule has 15 heavy (non-hydrogen) atoms. The van der Waals surface area contributed by atoms with Crippen molar-refractivity contribution in [3.8, 4) is 0 Å². The number of rotatable bonds is 2. The lowest BCUT2D eigenvalue weighted by Gasteiger charge is -2.08. The molecule has 0 spiro atoms. The van der Waals surface area contributed by atoms with Gasteiger partial charge in [-0.15, -0.1) is 0 Å². The van der Waals surface area contributed by atoms with Gasteiger partial charge in [0.2, 0.25) is 0 Å². The summed E-state index contributed by atoms with van der Waals surface area (Å²) < 4.78 is 37.2. The van der Waals surface area contributed by atoms with Crippen molar-refractivity contribution in [3.05, 3.63) is 35.7 Å². The Labute approximate surface area is 84.4 Å². The fourth-order valence-electron chi connectivity index (χ4n) is 0.995. The summed E-state index contributed by atoms with van der Waals surface area (Å²) in [4.78, 5) is 14.0. The Balaban J connectivity index is 3.13. The molecule has 5 heteroatoms.